The van der Waals surface area contributed by atoms with Crippen LogP contribution in [0.15, 0.2) is 22.7 Å². The Balaban J connectivity index is 1.36. The zero-order valence-corrected chi connectivity index (χ0v) is 18.9. The third-order valence-corrected chi connectivity index (χ3v) is 6.78. The highest BCUT2D eigenvalue weighted by Gasteiger charge is 2.37. The van der Waals surface area contributed by atoms with E-state index in [1.54, 1.807) is 7.11 Å². The van der Waals surface area contributed by atoms with Gasteiger partial charge in [-0.15, -0.1) is 0 Å². The molecule has 0 radical (unpaired) electrons. The van der Waals surface area contributed by atoms with Crippen molar-refractivity contribution in [2.45, 2.75) is 25.4 Å². The molecular formula is C22H23BrN2O6. The number of methoxy groups -OCH3 is 1. The molecule has 3 aliphatic rings. The molecule has 0 aromatic heterocycles. The van der Waals surface area contributed by atoms with E-state index in [1.807, 2.05) is 25.2 Å². The van der Waals surface area contributed by atoms with Gasteiger partial charge in [-0.2, -0.15) is 0 Å². The Labute approximate surface area is 188 Å². The van der Waals surface area contributed by atoms with Crippen LogP contribution in [0.25, 0.3) is 0 Å². The lowest BCUT2D eigenvalue weighted by atomic mass is 9.89. The number of nitrogens with one attached hydrogen (secondary N) is 1. The van der Waals surface area contributed by atoms with E-state index in [2.05, 4.69) is 26.1 Å². The molecule has 1 atom stereocenters. The van der Waals surface area contributed by atoms with Crippen LogP contribution in [0.1, 0.15) is 29.2 Å². The Morgan fingerprint density at radius 1 is 1.19 bits per heavy atom. The molecule has 0 fully saturated rings. The van der Waals surface area contributed by atoms with Crippen molar-refractivity contribution in [1.82, 2.24) is 10.2 Å². The van der Waals surface area contributed by atoms with Gasteiger partial charge in [-0.25, -0.2) is 0 Å². The molecule has 2 aromatic rings. The second-order valence-electron chi connectivity index (χ2n) is 7.72. The molecule has 0 saturated heterocycles. The Bertz CT molecular complexity index is 1040. The molecule has 164 valence electrons. The van der Waals surface area contributed by atoms with E-state index < -0.39 is 0 Å². The highest BCUT2D eigenvalue weighted by atomic mass is 79.9. The molecule has 1 amide bonds. The van der Waals surface area contributed by atoms with Crippen LogP contribution in [0.3, 0.4) is 0 Å². The van der Waals surface area contributed by atoms with Gasteiger partial charge in [0.1, 0.15) is 0 Å². The molecule has 0 saturated carbocycles. The predicted octanol–water partition coefficient (Wildman–Crippen LogP) is 3.15. The maximum atomic E-state index is 12.9. The van der Waals surface area contributed by atoms with Gasteiger partial charge in [0.2, 0.25) is 25.2 Å². The first-order chi connectivity index (χ1) is 15.1. The minimum absolute atomic E-state index is 0.0433. The average Bonchev–Trinajstić information content (AvgIpc) is 3.44. The van der Waals surface area contributed by atoms with E-state index in [4.69, 9.17) is 23.7 Å². The second kappa shape index (κ2) is 8.12. The summed E-state index contributed by atoms with van der Waals surface area (Å²) in [6.45, 7) is 1.63. The van der Waals surface area contributed by atoms with Gasteiger partial charge >= 0.3 is 0 Å². The third-order valence-electron chi connectivity index (χ3n) is 5.94. The Kier molecular flexibility index (Phi) is 5.31. The first-order valence-electron chi connectivity index (χ1n) is 10.1. The molecule has 9 heteroatoms. The van der Waals surface area contributed by atoms with E-state index in [0.29, 0.717) is 36.0 Å². The largest absolute Gasteiger partial charge is 0.492 e. The van der Waals surface area contributed by atoms with Gasteiger partial charge in [-0.1, -0.05) is 6.07 Å². The van der Waals surface area contributed by atoms with Crippen LogP contribution < -0.4 is 29.0 Å². The second-order valence-corrected chi connectivity index (χ2v) is 8.51. The average molecular weight is 491 g/mol. The molecule has 3 aliphatic heterocycles. The zero-order valence-electron chi connectivity index (χ0n) is 17.3. The molecule has 5 rings (SSSR count). The number of likely N-dealkylation sites (N-methyl/N-ethyl adjacent to an activating group) is 1. The fourth-order valence-electron chi connectivity index (χ4n) is 4.35. The lowest BCUT2D eigenvalue weighted by molar-refractivity contribution is -0.122. The van der Waals surface area contributed by atoms with Crippen LogP contribution in [0, 0.1) is 0 Å². The number of carbonyl (C=O) groups excluding carboxylic acids is 1. The summed E-state index contributed by atoms with van der Waals surface area (Å²) in [5, 5.41) is 3.02. The van der Waals surface area contributed by atoms with Crippen molar-refractivity contribution in [1.29, 1.82) is 0 Å². The molecule has 2 aromatic carbocycles. The molecule has 0 aliphatic carbocycles. The number of rotatable bonds is 5. The number of ether oxygens (including phenoxy) is 5. The summed E-state index contributed by atoms with van der Waals surface area (Å²) >= 11 is 3.68. The summed E-state index contributed by atoms with van der Waals surface area (Å²) in [5.41, 5.74) is 3.04. The number of benzene rings is 2. The summed E-state index contributed by atoms with van der Waals surface area (Å²) in [6, 6.07) is 5.54. The lowest BCUT2D eigenvalue weighted by Crippen LogP contribution is -2.36. The number of carbonyl (C=O) groups is 1. The van der Waals surface area contributed by atoms with Crippen molar-refractivity contribution in [2.24, 2.45) is 0 Å². The molecule has 0 spiro atoms. The van der Waals surface area contributed by atoms with E-state index in [1.165, 1.54) is 0 Å². The van der Waals surface area contributed by atoms with Crippen LogP contribution in [-0.4, -0.2) is 45.1 Å². The predicted molar refractivity (Wildman–Crippen MR) is 115 cm³/mol. The van der Waals surface area contributed by atoms with Gasteiger partial charge < -0.3 is 29.0 Å². The van der Waals surface area contributed by atoms with Crippen LogP contribution >= 0.6 is 15.9 Å². The van der Waals surface area contributed by atoms with Crippen molar-refractivity contribution in [3.05, 3.63) is 39.4 Å². The van der Waals surface area contributed by atoms with Gasteiger partial charge in [-0.3, -0.25) is 9.69 Å². The van der Waals surface area contributed by atoms with Gasteiger partial charge in [0, 0.05) is 31.1 Å². The van der Waals surface area contributed by atoms with E-state index in [-0.39, 0.29) is 25.5 Å². The Morgan fingerprint density at radius 3 is 2.81 bits per heavy atom. The summed E-state index contributed by atoms with van der Waals surface area (Å²) in [7, 11) is 3.65. The minimum atomic E-state index is -0.138. The number of nitrogens with zero attached hydrogens (tertiary/aromatic N) is 1. The molecule has 0 bridgehead atoms. The Morgan fingerprint density at radius 2 is 1.97 bits per heavy atom. The van der Waals surface area contributed by atoms with Crippen molar-refractivity contribution in [3.8, 4) is 28.7 Å². The van der Waals surface area contributed by atoms with Crippen molar-refractivity contribution in [2.75, 3.05) is 34.3 Å². The maximum absolute atomic E-state index is 12.9. The van der Waals surface area contributed by atoms with Gasteiger partial charge in [0.15, 0.2) is 23.0 Å². The minimum Gasteiger partial charge on any atom is -0.492 e. The lowest BCUT2D eigenvalue weighted by Gasteiger charge is -2.36. The van der Waals surface area contributed by atoms with Crippen LogP contribution in [0.5, 0.6) is 28.7 Å². The smallest absolute Gasteiger partial charge is 0.231 e. The fourth-order valence-corrected chi connectivity index (χ4v) is 5.05. The monoisotopic (exact) mass is 490 g/mol. The first-order valence-corrected chi connectivity index (χ1v) is 10.9. The number of halogens is 1. The number of amides is 1. The van der Waals surface area contributed by atoms with Gasteiger partial charge in [0.25, 0.3) is 0 Å². The highest BCUT2D eigenvalue weighted by Crippen LogP contribution is 2.54. The number of hydrogen-bond donors (Lipinski definition) is 1. The molecule has 1 N–H and O–H groups in total. The zero-order chi connectivity index (χ0) is 21.5. The van der Waals surface area contributed by atoms with E-state index in [9.17, 15) is 4.79 Å². The summed E-state index contributed by atoms with van der Waals surface area (Å²) < 4.78 is 28.7. The van der Waals surface area contributed by atoms with Crippen molar-refractivity contribution < 1.29 is 28.5 Å². The topological polar surface area (TPSA) is 78.5 Å². The number of hydrogen-bond acceptors (Lipinski definition) is 7. The summed E-state index contributed by atoms with van der Waals surface area (Å²) in [5.74, 6) is 3.30. The summed E-state index contributed by atoms with van der Waals surface area (Å²) in [6.07, 6.45) is 1.13. The van der Waals surface area contributed by atoms with Crippen LogP contribution in [-0.2, 0) is 17.8 Å². The molecular weight excluding hydrogens is 468 g/mol. The normalized spacial score (nSPS) is 18.6. The van der Waals surface area contributed by atoms with Crippen molar-refractivity contribution >= 4 is 21.8 Å². The van der Waals surface area contributed by atoms with Crippen LogP contribution in [0.4, 0.5) is 0 Å². The number of fused-ring (bicyclic) bond motifs is 3. The molecule has 1 unspecified atom stereocenters. The third kappa shape index (κ3) is 3.55. The fraction of sp³-hybridized carbons (Fsp3) is 0.409. The van der Waals surface area contributed by atoms with E-state index >= 15 is 0 Å². The standard InChI is InChI=1S/C22H23BrN2O6/c1-25-6-5-13-18(20(27-2)22-21(19(13)23)30-11-31-22)14(25)8-17(26)24-9-12-3-4-15-16(7-12)29-10-28-15/h3-4,7,14H,5-6,8-11H2,1-2H3,(H,24,26). The quantitative estimate of drug-likeness (QED) is 0.689. The SMILES string of the molecule is COc1c2c(c(Br)c3c1C(CC(=O)NCc1ccc4c(c1)OCO4)N(C)CC3)OCO2. The van der Waals surface area contributed by atoms with Gasteiger partial charge in [-0.05, 0) is 52.7 Å². The van der Waals surface area contributed by atoms with Crippen molar-refractivity contribution in [3.63, 3.8) is 0 Å². The van der Waals surface area contributed by atoms with E-state index in [0.717, 1.165) is 39.9 Å². The Hall–Kier alpha value is -2.65. The maximum Gasteiger partial charge on any atom is 0.231 e. The molecule has 8 nitrogen and oxygen atoms in total. The van der Waals surface area contributed by atoms with Crippen LogP contribution in [0.2, 0.25) is 0 Å². The van der Waals surface area contributed by atoms with Gasteiger partial charge in [0.05, 0.1) is 11.6 Å². The first kappa shape index (κ1) is 20.3. The molecule has 3 heterocycles. The summed E-state index contributed by atoms with van der Waals surface area (Å²) in [4.78, 5) is 15.1. The highest BCUT2D eigenvalue weighted by molar-refractivity contribution is 9.10. The molecule has 31 heavy (non-hydrogen) atoms.